The van der Waals surface area contributed by atoms with E-state index in [9.17, 15) is 14.9 Å². The number of rotatable bonds is 4. The molecule has 7 heteroatoms. The standard InChI is InChI=1S/C16H14ClN3O3/c1-11-3-2-4-12(9-11)7-8-18-16(21)19-13-5-6-14(17)15(10-13)20(22)23/h2-10H,1H3,(H2,18,19,21)/b8-7+. The number of aryl methyl sites for hydroxylation is 1. The average molecular weight is 332 g/mol. The summed E-state index contributed by atoms with van der Waals surface area (Å²) in [4.78, 5) is 21.9. The summed E-state index contributed by atoms with van der Waals surface area (Å²) in [5, 5.41) is 15.8. The van der Waals surface area contributed by atoms with Crippen LogP contribution in [-0.4, -0.2) is 11.0 Å². The number of nitro groups is 1. The maximum absolute atomic E-state index is 11.8. The van der Waals surface area contributed by atoms with E-state index in [0.29, 0.717) is 0 Å². The monoisotopic (exact) mass is 331 g/mol. The minimum atomic E-state index is -0.608. The van der Waals surface area contributed by atoms with Crippen molar-refractivity contribution >= 4 is 35.1 Å². The maximum atomic E-state index is 11.8. The first-order valence-electron chi connectivity index (χ1n) is 6.70. The Hall–Kier alpha value is -2.86. The van der Waals surface area contributed by atoms with Gasteiger partial charge in [-0.3, -0.25) is 10.1 Å². The Bertz CT molecular complexity index is 775. The quantitative estimate of drug-likeness (QED) is 0.645. The number of nitrogens with one attached hydrogen (secondary N) is 2. The molecule has 23 heavy (non-hydrogen) atoms. The topological polar surface area (TPSA) is 84.3 Å². The lowest BCUT2D eigenvalue weighted by Gasteiger charge is -2.05. The van der Waals surface area contributed by atoms with Gasteiger partial charge in [-0.15, -0.1) is 0 Å². The number of benzene rings is 2. The van der Waals surface area contributed by atoms with E-state index in [2.05, 4.69) is 10.6 Å². The summed E-state index contributed by atoms with van der Waals surface area (Å²) >= 11 is 5.71. The van der Waals surface area contributed by atoms with Crippen LogP contribution in [-0.2, 0) is 0 Å². The zero-order valence-electron chi connectivity index (χ0n) is 12.2. The molecular weight excluding hydrogens is 318 g/mol. The van der Waals surface area contributed by atoms with E-state index in [0.717, 1.165) is 11.1 Å². The summed E-state index contributed by atoms with van der Waals surface area (Å²) in [7, 11) is 0. The fourth-order valence-corrected chi connectivity index (χ4v) is 2.07. The van der Waals surface area contributed by atoms with E-state index in [-0.39, 0.29) is 16.4 Å². The van der Waals surface area contributed by atoms with Crippen LogP contribution in [0, 0.1) is 17.0 Å². The summed E-state index contributed by atoms with van der Waals surface area (Å²) in [6.45, 7) is 1.98. The van der Waals surface area contributed by atoms with E-state index >= 15 is 0 Å². The van der Waals surface area contributed by atoms with E-state index < -0.39 is 11.0 Å². The predicted octanol–water partition coefficient (Wildman–Crippen LogP) is 4.35. The number of amides is 2. The van der Waals surface area contributed by atoms with Crippen LogP contribution in [0.15, 0.2) is 48.7 Å². The van der Waals surface area contributed by atoms with Gasteiger partial charge in [0.15, 0.2) is 0 Å². The van der Waals surface area contributed by atoms with Crippen LogP contribution in [0.2, 0.25) is 5.02 Å². The molecule has 0 fully saturated rings. The molecule has 0 spiro atoms. The Morgan fingerprint density at radius 1 is 1.26 bits per heavy atom. The van der Waals surface area contributed by atoms with Gasteiger partial charge in [0, 0.05) is 18.0 Å². The molecule has 2 N–H and O–H groups in total. The number of carbonyl (C=O) groups excluding carboxylic acids is 1. The Labute approximate surface area is 137 Å². The van der Waals surface area contributed by atoms with Crippen LogP contribution >= 0.6 is 11.6 Å². The lowest BCUT2D eigenvalue weighted by atomic mass is 10.1. The molecule has 6 nitrogen and oxygen atoms in total. The second-order valence-corrected chi connectivity index (χ2v) is 5.18. The smallest absolute Gasteiger partial charge is 0.314 e. The molecule has 2 aromatic rings. The Balaban J connectivity index is 1.97. The van der Waals surface area contributed by atoms with Crippen molar-refractivity contribution < 1.29 is 9.72 Å². The molecule has 0 heterocycles. The molecular formula is C16H14ClN3O3. The second-order valence-electron chi connectivity index (χ2n) is 4.77. The third-order valence-electron chi connectivity index (χ3n) is 2.93. The van der Waals surface area contributed by atoms with E-state index in [4.69, 9.17) is 11.6 Å². The highest BCUT2D eigenvalue weighted by atomic mass is 35.5. The van der Waals surface area contributed by atoms with E-state index in [1.807, 2.05) is 31.2 Å². The van der Waals surface area contributed by atoms with Crippen molar-refractivity contribution in [1.29, 1.82) is 0 Å². The van der Waals surface area contributed by atoms with Crippen molar-refractivity contribution in [2.45, 2.75) is 6.92 Å². The minimum Gasteiger partial charge on any atom is -0.314 e. The normalized spacial score (nSPS) is 10.5. The second kappa shape index (κ2) is 7.42. The molecule has 0 unspecified atom stereocenters. The number of hydrogen-bond donors (Lipinski definition) is 2. The molecule has 2 rings (SSSR count). The number of nitrogens with zero attached hydrogens (tertiary/aromatic N) is 1. The molecule has 0 aromatic heterocycles. The number of nitro benzene ring substituents is 1. The third-order valence-corrected chi connectivity index (χ3v) is 3.25. The summed E-state index contributed by atoms with van der Waals surface area (Å²) in [5.74, 6) is 0. The van der Waals surface area contributed by atoms with Gasteiger partial charge >= 0.3 is 6.03 Å². The van der Waals surface area contributed by atoms with Crippen LogP contribution < -0.4 is 10.6 Å². The lowest BCUT2D eigenvalue weighted by molar-refractivity contribution is -0.384. The Morgan fingerprint density at radius 3 is 2.74 bits per heavy atom. The lowest BCUT2D eigenvalue weighted by Crippen LogP contribution is -2.23. The van der Waals surface area contributed by atoms with Crippen molar-refractivity contribution in [3.05, 3.63) is 74.9 Å². The SMILES string of the molecule is Cc1cccc(/C=C/NC(=O)Nc2ccc(Cl)c([N+](=O)[O-])c2)c1. The van der Waals surface area contributed by atoms with E-state index in [1.54, 1.807) is 6.08 Å². The van der Waals surface area contributed by atoms with Crippen LogP contribution in [0.3, 0.4) is 0 Å². The maximum Gasteiger partial charge on any atom is 0.323 e. The van der Waals surface area contributed by atoms with Crippen LogP contribution in [0.4, 0.5) is 16.2 Å². The number of halogens is 1. The predicted molar refractivity (Wildman–Crippen MR) is 90.5 cm³/mol. The Kier molecular flexibility index (Phi) is 5.32. The zero-order chi connectivity index (χ0) is 16.8. The first-order valence-corrected chi connectivity index (χ1v) is 7.08. The Morgan fingerprint density at radius 2 is 2.04 bits per heavy atom. The molecule has 0 saturated carbocycles. The van der Waals surface area contributed by atoms with Gasteiger partial charge in [-0.2, -0.15) is 0 Å². The molecule has 0 radical (unpaired) electrons. The minimum absolute atomic E-state index is 0.0142. The van der Waals surface area contributed by atoms with Crippen molar-refractivity contribution in [2.75, 3.05) is 5.32 Å². The highest BCUT2D eigenvalue weighted by Crippen LogP contribution is 2.27. The number of hydrogen-bond acceptors (Lipinski definition) is 3. The van der Waals surface area contributed by atoms with Crippen molar-refractivity contribution in [1.82, 2.24) is 5.32 Å². The summed E-state index contributed by atoms with van der Waals surface area (Å²) in [6.07, 6.45) is 3.24. The van der Waals surface area contributed by atoms with Gasteiger partial charge in [0.1, 0.15) is 5.02 Å². The highest BCUT2D eigenvalue weighted by molar-refractivity contribution is 6.32. The first kappa shape index (κ1) is 16.5. The first-order chi connectivity index (χ1) is 11.0. The molecule has 2 amide bonds. The highest BCUT2D eigenvalue weighted by Gasteiger charge is 2.13. The van der Waals surface area contributed by atoms with Gasteiger partial charge in [0.05, 0.1) is 4.92 Å². The molecule has 118 valence electrons. The molecule has 0 saturated heterocycles. The van der Waals surface area contributed by atoms with E-state index in [1.165, 1.54) is 24.4 Å². The van der Waals surface area contributed by atoms with Gasteiger partial charge < -0.3 is 10.6 Å². The van der Waals surface area contributed by atoms with Crippen molar-refractivity contribution in [3.8, 4) is 0 Å². The van der Waals surface area contributed by atoms with Gasteiger partial charge in [0.25, 0.3) is 5.69 Å². The van der Waals surface area contributed by atoms with Crippen molar-refractivity contribution in [3.63, 3.8) is 0 Å². The molecule has 0 bridgehead atoms. The largest absolute Gasteiger partial charge is 0.323 e. The molecule has 0 aliphatic carbocycles. The van der Waals surface area contributed by atoms with Gasteiger partial charge in [0.2, 0.25) is 0 Å². The third kappa shape index (κ3) is 4.82. The van der Waals surface area contributed by atoms with Gasteiger partial charge in [-0.25, -0.2) is 4.79 Å². The number of carbonyl (C=O) groups is 1. The summed E-state index contributed by atoms with van der Waals surface area (Å²) in [5.41, 5.74) is 2.08. The zero-order valence-corrected chi connectivity index (χ0v) is 13.0. The number of anilines is 1. The molecule has 2 aromatic carbocycles. The van der Waals surface area contributed by atoms with Crippen LogP contribution in [0.25, 0.3) is 6.08 Å². The van der Waals surface area contributed by atoms with Crippen molar-refractivity contribution in [2.24, 2.45) is 0 Å². The fourth-order valence-electron chi connectivity index (χ4n) is 1.88. The van der Waals surface area contributed by atoms with Gasteiger partial charge in [-0.1, -0.05) is 41.4 Å². The van der Waals surface area contributed by atoms with Gasteiger partial charge in [-0.05, 0) is 30.7 Å². The average Bonchev–Trinajstić information content (AvgIpc) is 2.49. The molecule has 0 aliphatic heterocycles. The molecule has 0 aliphatic rings. The van der Waals surface area contributed by atoms with Crippen LogP contribution in [0.1, 0.15) is 11.1 Å². The number of urea groups is 1. The molecule has 0 atom stereocenters. The summed E-state index contributed by atoms with van der Waals surface area (Å²) in [6, 6.07) is 11.3. The van der Waals surface area contributed by atoms with Crippen LogP contribution in [0.5, 0.6) is 0 Å². The fraction of sp³-hybridized carbons (Fsp3) is 0.0625. The summed E-state index contributed by atoms with van der Waals surface area (Å²) < 4.78 is 0.